The molecule has 0 radical (unpaired) electrons. The molecule has 3 fully saturated rings. The van der Waals surface area contributed by atoms with Crippen LogP contribution in [0.4, 0.5) is 4.79 Å². The average molecular weight is 439 g/mol. The summed E-state index contributed by atoms with van der Waals surface area (Å²) < 4.78 is 11.3. The van der Waals surface area contributed by atoms with Crippen molar-refractivity contribution < 1.29 is 19.1 Å². The Morgan fingerprint density at radius 2 is 1.94 bits per heavy atom. The first-order valence-electron chi connectivity index (χ1n) is 11.9. The molecule has 3 aliphatic rings. The summed E-state index contributed by atoms with van der Waals surface area (Å²) in [5.41, 5.74) is 1.19. The number of amides is 1. The number of methoxy groups -OCH3 is 1. The highest BCUT2D eigenvalue weighted by Crippen LogP contribution is 2.45. The maximum Gasteiger partial charge on any atom is 0.409 e. The SMILES string of the molecule is COC(=O)N1CC[C@@H]2[C@H]1CCC[C@]2(C#Cc1cccc(C)c1)OC(=O)CN1CCCCC1. The van der Waals surface area contributed by atoms with E-state index < -0.39 is 5.60 Å². The van der Waals surface area contributed by atoms with Crippen molar-refractivity contribution in [3.63, 3.8) is 0 Å². The van der Waals surface area contributed by atoms with Gasteiger partial charge < -0.3 is 14.4 Å². The largest absolute Gasteiger partial charge is 0.453 e. The summed E-state index contributed by atoms with van der Waals surface area (Å²) in [4.78, 5) is 29.4. The fraction of sp³-hybridized carbons (Fsp3) is 0.615. The van der Waals surface area contributed by atoms with E-state index in [1.807, 2.05) is 31.2 Å². The third kappa shape index (κ3) is 4.94. The fourth-order valence-electron chi connectivity index (χ4n) is 5.60. The highest BCUT2D eigenvalue weighted by atomic mass is 16.6. The smallest absolute Gasteiger partial charge is 0.409 e. The Hall–Kier alpha value is -2.52. The van der Waals surface area contributed by atoms with Crippen molar-refractivity contribution >= 4 is 12.1 Å². The summed E-state index contributed by atoms with van der Waals surface area (Å²) in [6, 6.07) is 8.06. The zero-order valence-electron chi connectivity index (χ0n) is 19.3. The zero-order valence-corrected chi connectivity index (χ0v) is 19.3. The van der Waals surface area contributed by atoms with Gasteiger partial charge in [0.05, 0.1) is 13.7 Å². The van der Waals surface area contributed by atoms with Gasteiger partial charge in [0.1, 0.15) is 0 Å². The van der Waals surface area contributed by atoms with Crippen LogP contribution in [0.1, 0.15) is 56.1 Å². The summed E-state index contributed by atoms with van der Waals surface area (Å²) in [5.74, 6) is 6.50. The van der Waals surface area contributed by atoms with Crippen molar-refractivity contribution in [3.05, 3.63) is 35.4 Å². The van der Waals surface area contributed by atoms with Crippen LogP contribution in [-0.4, -0.2) is 66.8 Å². The normalized spacial score (nSPS) is 27.8. The molecule has 1 amide bonds. The first kappa shape index (κ1) is 22.7. The second-order valence-corrected chi connectivity index (χ2v) is 9.34. The lowest BCUT2D eigenvalue weighted by atomic mass is 9.72. The number of aryl methyl sites for hydroxylation is 1. The molecule has 1 saturated carbocycles. The van der Waals surface area contributed by atoms with Crippen LogP contribution in [-0.2, 0) is 14.3 Å². The zero-order chi connectivity index (χ0) is 22.6. The van der Waals surface area contributed by atoms with Gasteiger partial charge in [0.2, 0.25) is 0 Å². The Balaban J connectivity index is 1.60. The summed E-state index contributed by atoms with van der Waals surface area (Å²) in [7, 11) is 1.42. The predicted octanol–water partition coefficient (Wildman–Crippen LogP) is 3.76. The van der Waals surface area contributed by atoms with E-state index in [1.54, 1.807) is 4.90 Å². The van der Waals surface area contributed by atoms with E-state index in [1.165, 1.54) is 13.5 Å². The average Bonchev–Trinajstić information content (AvgIpc) is 3.24. The molecule has 1 aliphatic carbocycles. The topological polar surface area (TPSA) is 59.1 Å². The van der Waals surface area contributed by atoms with Crippen LogP contribution >= 0.6 is 0 Å². The Labute approximate surface area is 191 Å². The van der Waals surface area contributed by atoms with Crippen molar-refractivity contribution in [2.75, 3.05) is 33.3 Å². The molecule has 2 heterocycles. The molecular weight excluding hydrogens is 404 g/mol. The van der Waals surface area contributed by atoms with E-state index in [0.717, 1.165) is 56.3 Å². The summed E-state index contributed by atoms with van der Waals surface area (Å²) in [6.07, 6.45) is 6.39. The number of nitrogens with zero attached hydrogens (tertiary/aromatic N) is 2. The number of hydrogen-bond donors (Lipinski definition) is 0. The number of fused-ring (bicyclic) bond motifs is 1. The Morgan fingerprint density at radius 1 is 1.12 bits per heavy atom. The van der Waals surface area contributed by atoms with Crippen molar-refractivity contribution in [1.29, 1.82) is 0 Å². The number of piperidine rings is 1. The lowest BCUT2D eigenvalue weighted by molar-refractivity contribution is -0.164. The predicted molar refractivity (Wildman–Crippen MR) is 122 cm³/mol. The maximum atomic E-state index is 13.1. The summed E-state index contributed by atoms with van der Waals surface area (Å²) in [6.45, 7) is 4.85. The highest BCUT2D eigenvalue weighted by molar-refractivity contribution is 5.73. The van der Waals surface area contributed by atoms with E-state index in [0.29, 0.717) is 19.5 Å². The lowest BCUT2D eigenvalue weighted by Gasteiger charge is -2.42. The van der Waals surface area contributed by atoms with Gasteiger partial charge in [-0.2, -0.15) is 0 Å². The summed E-state index contributed by atoms with van der Waals surface area (Å²) >= 11 is 0. The molecule has 1 aromatic rings. The molecule has 0 unspecified atom stereocenters. The molecule has 172 valence electrons. The molecule has 4 rings (SSSR count). The van der Waals surface area contributed by atoms with Crippen LogP contribution in [0, 0.1) is 24.7 Å². The van der Waals surface area contributed by atoms with Crippen LogP contribution < -0.4 is 0 Å². The van der Waals surface area contributed by atoms with Crippen LogP contribution in [0.25, 0.3) is 0 Å². The van der Waals surface area contributed by atoms with E-state index in [9.17, 15) is 9.59 Å². The van der Waals surface area contributed by atoms with Gasteiger partial charge in [-0.05, 0) is 82.2 Å². The molecule has 3 atom stereocenters. The number of hydrogen-bond acceptors (Lipinski definition) is 5. The number of benzene rings is 1. The second-order valence-electron chi connectivity index (χ2n) is 9.34. The number of likely N-dealkylation sites (tertiary alicyclic amines) is 2. The van der Waals surface area contributed by atoms with Crippen LogP contribution in [0.2, 0.25) is 0 Å². The molecular formula is C26H34N2O4. The van der Waals surface area contributed by atoms with E-state index in [4.69, 9.17) is 9.47 Å². The monoisotopic (exact) mass is 438 g/mol. The molecule has 0 spiro atoms. The Kier molecular flexibility index (Phi) is 7.05. The van der Waals surface area contributed by atoms with Gasteiger partial charge in [0.25, 0.3) is 0 Å². The minimum Gasteiger partial charge on any atom is -0.453 e. The van der Waals surface area contributed by atoms with Crippen molar-refractivity contribution in [2.45, 2.75) is 63.5 Å². The third-order valence-electron chi connectivity index (χ3n) is 7.14. The van der Waals surface area contributed by atoms with E-state index >= 15 is 0 Å². The van der Waals surface area contributed by atoms with Gasteiger partial charge in [-0.3, -0.25) is 9.69 Å². The van der Waals surface area contributed by atoms with Crippen molar-refractivity contribution in [1.82, 2.24) is 9.80 Å². The first-order chi connectivity index (χ1) is 15.5. The molecule has 1 aromatic carbocycles. The Bertz CT molecular complexity index is 899. The van der Waals surface area contributed by atoms with Gasteiger partial charge in [-0.1, -0.05) is 24.5 Å². The number of carbonyl (C=O) groups excluding carboxylic acids is 2. The molecule has 6 heteroatoms. The molecule has 0 bridgehead atoms. The number of carbonyl (C=O) groups is 2. The number of rotatable bonds is 3. The molecule has 2 saturated heterocycles. The second kappa shape index (κ2) is 9.95. The van der Waals surface area contributed by atoms with E-state index in [2.05, 4.69) is 16.7 Å². The molecule has 32 heavy (non-hydrogen) atoms. The van der Waals surface area contributed by atoms with Crippen LogP contribution in [0.3, 0.4) is 0 Å². The molecule has 2 aliphatic heterocycles. The molecule has 6 nitrogen and oxygen atoms in total. The standard InChI is InChI=1S/C26H34N2O4/c1-20-8-6-9-21(18-20)11-14-26(32-24(29)19-27-15-4-3-5-16-27)13-7-10-23-22(26)12-17-28(23)25(30)31-2/h6,8-9,18,22-23H,3-5,7,10,12-13,15-17,19H2,1-2H3/t22-,23-,26-/m1/s1. The highest BCUT2D eigenvalue weighted by Gasteiger charge is 2.53. The van der Waals surface area contributed by atoms with Gasteiger partial charge in [-0.25, -0.2) is 4.79 Å². The summed E-state index contributed by atoms with van der Waals surface area (Å²) in [5, 5.41) is 0. The van der Waals surface area contributed by atoms with Crippen molar-refractivity contribution in [2.24, 2.45) is 5.92 Å². The number of esters is 1. The van der Waals surface area contributed by atoms with Crippen LogP contribution in [0.5, 0.6) is 0 Å². The Morgan fingerprint density at radius 3 is 2.69 bits per heavy atom. The van der Waals surface area contributed by atoms with Crippen LogP contribution in [0.15, 0.2) is 24.3 Å². The van der Waals surface area contributed by atoms with Gasteiger partial charge in [0.15, 0.2) is 5.60 Å². The van der Waals surface area contributed by atoms with Crippen molar-refractivity contribution in [3.8, 4) is 11.8 Å². The minimum atomic E-state index is -0.873. The fourth-order valence-corrected chi connectivity index (χ4v) is 5.60. The molecule has 0 N–H and O–H groups in total. The van der Waals surface area contributed by atoms with Gasteiger partial charge >= 0.3 is 12.1 Å². The quantitative estimate of drug-likeness (QED) is 0.531. The van der Waals surface area contributed by atoms with E-state index in [-0.39, 0.29) is 24.0 Å². The van der Waals surface area contributed by atoms with Gasteiger partial charge in [0, 0.05) is 24.1 Å². The third-order valence-corrected chi connectivity index (χ3v) is 7.14. The minimum absolute atomic E-state index is 0.00188. The van der Waals surface area contributed by atoms with Gasteiger partial charge in [-0.15, -0.1) is 0 Å². The maximum absolute atomic E-state index is 13.1. The molecule has 0 aromatic heterocycles. The first-order valence-corrected chi connectivity index (χ1v) is 11.9. The number of ether oxygens (including phenoxy) is 2. The lowest BCUT2D eigenvalue weighted by Crippen LogP contribution is -2.52.